The van der Waals surface area contributed by atoms with Crippen LogP contribution in [-0.2, 0) is 9.63 Å². The average Bonchev–Trinajstić information content (AvgIpc) is 2.50. The molecule has 0 bridgehead atoms. The predicted molar refractivity (Wildman–Crippen MR) is 58.4 cm³/mol. The fraction of sp³-hybridized carbons (Fsp3) is 0.167. The Kier molecular flexibility index (Phi) is 2.37. The Labute approximate surface area is 88.1 Å². The molecule has 0 radical (unpaired) electrons. The number of carbonyl (C=O) groups excluding carboxylic acids is 1. The summed E-state index contributed by atoms with van der Waals surface area (Å²) in [4.78, 5) is 15.8. The molecular formula is C12H11NO2. The number of aryl methyl sites for hydroxylation is 1. The van der Waals surface area contributed by atoms with Crippen molar-refractivity contribution in [2.75, 3.05) is 0 Å². The zero-order valence-corrected chi connectivity index (χ0v) is 8.65. The SMILES string of the molecule is CC1=NOC(=O)/C1=C\c1cccc(C)c1. The van der Waals surface area contributed by atoms with Gasteiger partial charge in [0.05, 0.1) is 11.3 Å². The van der Waals surface area contributed by atoms with E-state index in [-0.39, 0.29) is 5.97 Å². The Balaban J connectivity index is 2.38. The van der Waals surface area contributed by atoms with Crippen molar-refractivity contribution < 1.29 is 9.63 Å². The minimum atomic E-state index is -0.381. The average molecular weight is 201 g/mol. The smallest absolute Gasteiger partial charge is 0.312 e. The number of carbonyl (C=O) groups is 1. The van der Waals surface area contributed by atoms with Crippen LogP contribution in [0.15, 0.2) is 35.0 Å². The highest BCUT2D eigenvalue weighted by atomic mass is 16.7. The summed E-state index contributed by atoms with van der Waals surface area (Å²) in [6.07, 6.45) is 1.79. The molecule has 15 heavy (non-hydrogen) atoms. The molecule has 1 aromatic rings. The van der Waals surface area contributed by atoms with Gasteiger partial charge in [0, 0.05) is 0 Å². The lowest BCUT2D eigenvalue weighted by molar-refractivity contribution is -0.136. The van der Waals surface area contributed by atoms with Crippen molar-refractivity contribution in [3.05, 3.63) is 41.0 Å². The third kappa shape index (κ3) is 1.96. The maximum Gasteiger partial charge on any atom is 0.367 e. The summed E-state index contributed by atoms with van der Waals surface area (Å²) >= 11 is 0. The van der Waals surface area contributed by atoms with Crippen LogP contribution in [0.2, 0.25) is 0 Å². The second-order valence-corrected chi connectivity index (χ2v) is 3.53. The molecule has 0 fully saturated rings. The molecule has 0 aliphatic carbocycles. The van der Waals surface area contributed by atoms with Crippen LogP contribution >= 0.6 is 0 Å². The number of hydrogen-bond acceptors (Lipinski definition) is 3. The summed E-state index contributed by atoms with van der Waals surface area (Å²) in [7, 11) is 0. The van der Waals surface area contributed by atoms with Crippen molar-refractivity contribution in [1.82, 2.24) is 0 Å². The number of hydrogen-bond donors (Lipinski definition) is 0. The van der Waals surface area contributed by atoms with Gasteiger partial charge in [0.2, 0.25) is 0 Å². The second kappa shape index (κ2) is 3.69. The summed E-state index contributed by atoms with van der Waals surface area (Å²) in [6, 6.07) is 7.91. The zero-order valence-electron chi connectivity index (χ0n) is 8.65. The molecule has 0 N–H and O–H groups in total. The Morgan fingerprint density at radius 1 is 1.33 bits per heavy atom. The Morgan fingerprint density at radius 2 is 2.13 bits per heavy atom. The van der Waals surface area contributed by atoms with Crippen LogP contribution < -0.4 is 0 Å². The molecule has 0 saturated heterocycles. The first-order chi connectivity index (χ1) is 7.16. The van der Waals surface area contributed by atoms with E-state index < -0.39 is 0 Å². The van der Waals surface area contributed by atoms with Gasteiger partial charge in [-0.1, -0.05) is 35.0 Å². The second-order valence-electron chi connectivity index (χ2n) is 3.53. The topological polar surface area (TPSA) is 38.7 Å². The minimum Gasteiger partial charge on any atom is -0.312 e. The molecule has 0 atom stereocenters. The quantitative estimate of drug-likeness (QED) is 0.516. The van der Waals surface area contributed by atoms with Crippen molar-refractivity contribution >= 4 is 17.8 Å². The number of oxime groups is 1. The van der Waals surface area contributed by atoms with Gasteiger partial charge < -0.3 is 4.84 Å². The largest absolute Gasteiger partial charge is 0.367 e. The highest BCUT2D eigenvalue weighted by Gasteiger charge is 2.21. The maximum atomic E-state index is 11.3. The molecule has 1 aromatic carbocycles. The molecular weight excluding hydrogens is 190 g/mol. The van der Waals surface area contributed by atoms with E-state index in [9.17, 15) is 4.79 Å². The lowest BCUT2D eigenvalue weighted by Crippen LogP contribution is -2.01. The number of benzene rings is 1. The third-order valence-corrected chi connectivity index (χ3v) is 2.23. The molecule has 1 aliphatic heterocycles. The highest BCUT2D eigenvalue weighted by Crippen LogP contribution is 2.15. The van der Waals surface area contributed by atoms with Crippen LogP contribution in [0.1, 0.15) is 18.1 Å². The summed E-state index contributed by atoms with van der Waals surface area (Å²) in [6.45, 7) is 3.77. The van der Waals surface area contributed by atoms with Gasteiger partial charge in [-0.05, 0) is 25.5 Å². The molecule has 3 heteroatoms. The monoisotopic (exact) mass is 201 g/mol. The molecule has 1 aliphatic rings. The van der Waals surface area contributed by atoms with Crippen molar-refractivity contribution in [1.29, 1.82) is 0 Å². The van der Waals surface area contributed by atoms with Crippen molar-refractivity contribution in [2.45, 2.75) is 13.8 Å². The molecule has 0 amide bonds. The highest BCUT2D eigenvalue weighted by molar-refractivity contribution is 6.24. The van der Waals surface area contributed by atoms with Gasteiger partial charge in [-0.3, -0.25) is 0 Å². The Morgan fingerprint density at radius 3 is 2.73 bits per heavy atom. The Hall–Kier alpha value is -1.90. The molecule has 3 nitrogen and oxygen atoms in total. The summed E-state index contributed by atoms with van der Waals surface area (Å²) in [5.74, 6) is -0.381. The van der Waals surface area contributed by atoms with Crippen molar-refractivity contribution in [2.24, 2.45) is 5.16 Å². The first-order valence-corrected chi connectivity index (χ1v) is 4.71. The molecule has 0 aromatic heterocycles. The molecule has 0 saturated carbocycles. The van der Waals surface area contributed by atoms with Gasteiger partial charge in [0.25, 0.3) is 0 Å². The summed E-state index contributed by atoms with van der Waals surface area (Å²) in [5.41, 5.74) is 3.30. The molecule has 0 spiro atoms. The fourth-order valence-corrected chi connectivity index (χ4v) is 1.45. The van der Waals surface area contributed by atoms with Crippen molar-refractivity contribution in [3.8, 4) is 0 Å². The van der Waals surface area contributed by atoms with Gasteiger partial charge in [-0.15, -0.1) is 0 Å². The van der Waals surface area contributed by atoms with Crippen LogP contribution in [-0.4, -0.2) is 11.7 Å². The maximum absolute atomic E-state index is 11.3. The van der Waals surface area contributed by atoms with Crippen LogP contribution in [0.4, 0.5) is 0 Å². The van der Waals surface area contributed by atoms with E-state index in [1.165, 1.54) is 0 Å². The summed E-state index contributed by atoms with van der Waals surface area (Å²) < 4.78 is 0. The molecule has 1 heterocycles. The van der Waals surface area contributed by atoms with Gasteiger partial charge in [-0.25, -0.2) is 4.79 Å². The lowest BCUT2D eigenvalue weighted by Gasteiger charge is -1.97. The third-order valence-electron chi connectivity index (χ3n) is 2.23. The van der Waals surface area contributed by atoms with E-state index in [2.05, 4.69) is 9.99 Å². The minimum absolute atomic E-state index is 0.381. The Bertz CT molecular complexity index is 472. The standard InChI is InChI=1S/C12H11NO2/c1-8-4-3-5-10(6-8)7-11-9(2)13-15-12(11)14/h3-7H,1-2H3/b11-7-. The van der Waals surface area contributed by atoms with Gasteiger partial charge >= 0.3 is 5.97 Å². The van der Waals surface area contributed by atoms with E-state index in [0.717, 1.165) is 11.1 Å². The van der Waals surface area contributed by atoms with Crippen LogP contribution in [0.5, 0.6) is 0 Å². The molecule has 0 unspecified atom stereocenters. The van der Waals surface area contributed by atoms with Crippen LogP contribution in [0.25, 0.3) is 6.08 Å². The van der Waals surface area contributed by atoms with Crippen molar-refractivity contribution in [3.63, 3.8) is 0 Å². The van der Waals surface area contributed by atoms with E-state index in [1.54, 1.807) is 13.0 Å². The van der Waals surface area contributed by atoms with Crippen LogP contribution in [0, 0.1) is 6.92 Å². The van der Waals surface area contributed by atoms with E-state index in [1.807, 2.05) is 31.2 Å². The number of rotatable bonds is 1. The first-order valence-electron chi connectivity index (χ1n) is 4.71. The fourth-order valence-electron chi connectivity index (χ4n) is 1.45. The number of nitrogens with zero attached hydrogens (tertiary/aromatic N) is 1. The van der Waals surface area contributed by atoms with E-state index >= 15 is 0 Å². The van der Waals surface area contributed by atoms with Gasteiger partial charge in [-0.2, -0.15) is 0 Å². The summed E-state index contributed by atoms with van der Waals surface area (Å²) in [5, 5.41) is 3.62. The van der Waals surface area contributed by atoms with E-state index in [4.69, 9.17) is 0 Å². The first kappa shape index (κ1) is 9.65. The van der Waals surface area contributed by atoms with Gasteiger partial charge in [0.1, 0.15) is 0 Å². The van der Waals surface area contributed by atoms with E-state index in [0.29, 0.717) is 11.3 Å². The zero-order chi connectivity index (χ0) is 10.8. The molecule has 2 rings (SSSR count). The normalized spacial score (nSPS) is 17.9. The lowest BCUT2D eigenvalue weighted by atomic mass is 10.1. The van der Waals surface area contributed by atoms with Crippen LogP contribution in [0.3, 0.4) is 0 Å². The molecule has 76 valence electrons. The van der Waals surface area contributed by atoms with Gasteiger partial charge in [0.15, 0.2) is 0 Å². The predicted octanol–water partition coefficient (Wildman–Crippen LogP) is 2.31.